The number of aromatic nitrogens is 6. The first-order chi connectivity index (χ1) is 14.8. The maximum absolute atomic E-state index is 13.2. The molecule has 0 atom stereocenters. The van der Waals surface area contributed by atoms with Crippen LogP contribution in [0.3, 0.4) is 0 Å². The molecule has 0 aromatic carbocycles. The van der Waals surface area contributed by atoms with Gasteiger partial charge in [-0.1, -0.05) is 12.1 Å². The van der Waals surface area contributed by atoms with Gasteiger partial charge in [-0.25, -0.2) is 14.8 Å². The van der Waals surface area contributed by atoms with Crippen molar-refractivity contribution in [2.75, 3.05) is 5.32 Å². The van der Waals surface area contributed by atoms with Crippen molar-refractivity contribution >= 4 is 38.8 Å². The number of carbonyl (C=O) groups excluding carboxylic acids is 1. The third-order valence-electron chi connectivity index (χ3n) is 4.75. The number of hydrogen-bond acceptors (Lipinski definition) is 6. The van der Waals surface area contributed by atoms with Gasteiger partial charge in [-0.2, -0.15) is 0 Å². The predicted octanol–water partition coefficient (Wildman–Crippen LogP) is 1.44. The molecule has 4 aromatic rings. The molecule has 0 saturated heterocycles. The second-order valence-electron chi connectivity index (χ2n) is 6.87. The van der Waals surface area contributed by atoms with Gasteiger partial charge in [0.2, 0.25) is 5.91 Å². The number of halogens is 1. The first kappa shape index (κ1) is 20.7. The molecule has 0 aliphatic heterocycles. The van der Waals surface area contributed by atoms with Crippen LogP contribution >= 0.6 is 15.9 Å². The Morgan fingerprint density at radius 3 is 2.61 bits per heavy atom. The quantitative estimate of drug-likeness (QED) is 0.429. The molecule has 0 aliphatic carbocycles. The maximum atomic E-state index is 13.2. The number of amides is 1. The van der Waals surface area contributed by atoms with E-state index in [1.807, 2.05) is 0 Å². The van der Waals surface area contributed by atoms with Crippen molar-refractivity contribution in [3.63, 3.8) is 0 Å². The summed E-state index contributed by atoms with van der Waals surface area (Å²) in [5.74, 6) is 0.439. The van der Waals surface area contributed by atoms with Gasteiger partial charge in [0, 0.05) is 13.2 Å². The minimum Gasteiger partial charge on any atom is -0.313 e. The van der Waals surface area contributed by atoms with E-state index in [0.29, 0.717) is 21.9 Å². The Balaban J connectivity index is 1.75. The molecule has 0 fully saturated rings. The van der Waals surface area contributed by atoms with E-state index < -0.39 is 11.2 Å². The maximum Gasteiger partial charge on any atom is 0.332 e. The van der Waals surface area contributed by atoms with E-state index in [1.54, 1.807) is 56.6 Å². The largest absolute Gasteiger partial charge is 0.332 e. The third-order valence-corrected chi connectivity index (χ3v) is 5.20. The van der Waals surface area contributed by atoms with Crippen LogP contribution in [-0.4, -0.2) is 34.6 Å². The van der Waals surface area contributed by atoms with Gasteiger partial charge in [0.1, 0.15) is 22.8 Å². The first-order valence-corrected chi connectivity index (χ1v) is 10.1. The van der Waals surface area contributed by atoms with Crippen LogP contribution in [0.15, 0.2) is 56.8 Å². The van der Waals surface area contributed by atoms with Crippen LogP contribution in [0.25, 0.3) is 11.2 Å². The monoisotopic (exact) mass is 483 g/mol. The minimum absolute atomic E-state index is 0.0146. The molecule has 11 heteroatoms. The Bertz CT molecular complexity index is 1410. The molecular weight excluding hydrogens is 466 g/mol. The Kier molecular flexibility index (Phi) is 5.51. The molecule has 31 heavy (non-hydrogen) atoms. The van der Waals surface area contributed by atoms with Crippen LogP contribution in [-0.2, 0) is 24.9 Å². The molecule has 4 rings (SSSR count). The van der Waals surface area contributed by atoms with Crippen LogP contribution in [0.1, 0.15) is 11.5 Å². The average molecular weight is 484 g/mol. The number of pyridine rings is 2. The van der Waals surface area contributed by atoms with Crippen molar-refractivity contribution in [1.82, 2.24) is 28.7 Å². The summed E-state index contributed by atoms with van der Waals surface area (Å²) in [5, 5.41) is 2.70. The zero-order valence-electron chi connectivity index (χ0n) is 16.7. The van der Waals surface area contributed by atoms with E-state index in [2.05, 4.69) is 36.2 Å². The molecule has 158 valence electrons. The lowest BCUT2D eigenvalue weighted by atomic mass is 10.3. The molecule has 10 nitrogen and oxygen atoms in total. The number of nitrogens with one attached hydrogen (secondary N) is 1. The number of hydrogen-bond donors (Lipinski definition) is 1. The molecule has 1 N–H and O–H groups in total. The Morgan fingerprint density at radius 1 is 1.10 bits per heavy atom. The van der Waals surface area contributed by atoms with Crippen molar-refractivity contribution in [1.29, 1.82) is 0 Å². The number of carbonyl (C=O) groups is 1. The molecule has 4 aromatic heterocycles. The highest BCUT2D eigenvalue weighted by atomic mass is 79.9. The SMILES string of the molecule is Cc1nc2c(c(=O)n(Cc3ccccn3)c(=O)n2C)n1CC(=O)Nc1cccc(Br)n1. The van der Waals surface area contributed by atoms with E-state index >= 15 is 0 Å². The fourth-order valence-electron chi connectivity index (χ4n) is 3.27. The summed E-state index contributed by atoms with van der Waals surface area (Å²) in [6.07, 6.45) is 1.60. The fraction of sp³-hybridized carbons (Fsp3) is 0.200. The third kappa shape index (κ3) is 4.04. The molecular formula is C20H18BrN7O3. The zero-order valence-corrected chi connectivity index (χ0v) is 18.3. The Morgan fingerprint density at radius 2 is 1.90 bits per heavy atom. The number of fused-ring (bicyclic) bond motifs is 1. The van der Waals surface area contributed by atoms with Crippen LogP contribution in [0.2, 0.25) is 0 Å². The highest BCUT2D eigenvalue weighted by Gasteiger charge is 2.20. The second kappa shape index (κ2) is 8.26. The zero-order chi connectivity index (χ0) is 22.1. The summed E-state index contributed by atoms with van der Waals surface area (Å²) in [5.41, 5.74) is -0.0679. The van der Waals surface area contributed by atoms with E-state index in [9.17, 15) is 14.4 Å². The highest BCUT2D eigenvalue weighted by Crippen LogP contribution is 2.13. The summed E-state index contributed by atoms with van der Waals surface area (Å²) in [6, 6.07) is 10.4. The van der Waals surface area contributed by atoms with E-state index in [0.717, 1.165) is 4.57 Å². The van der Waals surface area contributed by atoms with Crippen LogP contribution in [0.5, 0.6) is 0 Å². The summed E-state index contributed by atoms with van der Waals surface area (Å²) in [4.78, 5) is 51.4. The Labute approximate surface area is 184 Å². The van der Waals surface area contributed by atoms with Gasteiger partial charge in [0.15, 0.2) is 11.2 Å². The van der Waals surface area contributed by atoms with Crippen molar-refractivity contribution in [2.24, 2.45) is 7.05 Å². The van der Waals surface area contributed by atoms with E-state index in [-0.39, 0.29) is 30.2 Å². The summed E-state index contributed by atoms with van der Waals surface area (Å²) < 4.78 is 4.48. The number of rotatable bonds is 5. The number of nitrogens with zero attached hydrogens (tertiary/aromatic N) is 6. The molecule has 1 amide bonds. The number of imidazole rings is 1. The predicted molar refractivity (Wildman–Crippen MR) is 118 cm³/mol. The lowest BCUT2D eigenvalue weighted by Gasteiger charge is -2.10. The van der Waals surface area contributed by atoms with E-state index in [4.69, 9.17) is 0 Å². The van der Waals surface area contributed by atoms with Crippen molar-refractivity contribution in [2.45, 2.75) is 20.0 Å². The fourth-order valence-corrected chi connectivity index (χ4v) is 3.61. The Hall–Kier alpha value is -3.60. The number of anilines is 1. The van der Waals surface area contributed by atoms with Gasteiger partial charge >= 0.3 is 5.69 Å². The topological polar surface area (TPSA) is 117 Å². The normalized spacial score (nSPS) is 11.1. The second-order valence-corrected chi connectivity index (χ2v) is 7.68. The van der Waals surface area contributed by atoms with Crippen molar-refractivity contribution in [3.8, 4) is 0 Å². The standard InChI is InChI=1S/C20H18BrN7O3/c1-12-23-18-17(27(12)11-16(29)25-15-8-5-7-14(21)24-15)19(30)28(20(31)26(18)2)10-13-6-3-4-9-22-13/h3-9H,10-11H2,1-2H3,(H,24,25,29). The molecule has 0 bridgehead atoms. The summed E-state index contributed by atoms with van der Waals surface area (Å²) in [7, 11) is 1.54. The van der Waals surface area contributed by atoms with Gasteiger partial charge in [0.25, 0.3) is 5.56 Å². The lowest BCUT2D eigenvalue weighted by Crippen LogP contribution is -2.40. The van der Waals surface area contributed by atoms with Crippen molar-refractivity contribution < 1.29 is 4.79 Å². The molecule has 0 radical (unpaired) electrons. The van der Waals surface area contributed by atoms with E-state index in [1.165, 1.54) is 9.13 Å². The van der Waals surface area contributed by atoms with Gasteiger partial charge < -0.3 is 9.88 Å². The highest BCUT2D eigenvalue weighted by molar-refractivity contribution is 9.10. The molecule has 0 unspecified atom stereocenters. The molecule has 0 saturated carbocycles. The van der Waals surface area contributed by atoms with Gasteiger partial charge in [0.05, 0.1) is 12.2 Å². The summed E-state index contributed by atoms with van der Waals surface area (Å²) >= 11 is 3.26. The first-order valence-electron chi connectivity index (χ1n) is 9.34. The van der Waals surface area contributed by atoms with Gasteiger partial charge in [-0.15, -0.1) is 0 Å². The van der Waals surface area contributed by atoms with Gasteiger partial charge in [-0.05, 0) is 47.1 Å². The van der Waals surface area contributed by atoms with Crippen LogP contribution < -0.4 is 16.6 Å². The number of aryl methyl sites for hydroxylation is 2. The van der Waals surface area contributed by atoms with Crippen molar-refractivity contribution in [3.05, 3.63) is 79.6 Å². The minimum atomic E-state index is -0.530. The van der Waals surface area contributed by atoms with Gasteiger partial charge in [-0.3, -0.25) is 23.7 Å². The average Bonchev–Trinajstić information content (AvgIpc) is 3.06. The lowest BCUT2D eigenvalue weighted by molar-refractivity contribution is -0.116. The molecule has 4 heterocycles. The smallest absolute Gasteiger partial charge is 0.313 e. The van der Waals surface area contributed by atoms with Crippen LogP contribution in [0.4, 0.5) is 5.82 Å². The van der Waals surface area contributed by atoms with Crippen LogP contribution in [0, 0.1) is 6.92 Å². The molecule has 0 aliphatic rings. The molecule has 0 spiro atoms. The summed E-state index contributed by atoms with van der Waals surface area (Å²) in [6.45, 7) is 1.53.